The molecule has 0 saturated carbocycles. The second-order valence-corrected chi connectivity index (χ2v) is 7.79. The smallest absolute Gasteiger partial charge is 0.259 e. The van der Waals surface area contributed by atoms with E-state index >= 15 is 0 Å². The van der Waals surface area contributed by atoms with Crippen LogP contribution in [0.2, 0.25) is 0 Å². The van der Waals surface area contributed by atoms with Crippen molar-refractivity contribution in [2.45, 2.75) is 32.0 Å². The van der Waals surface area contributed by atoms with Crippen molar-refractivity contribution in [2.75, 3.05) is 6.61 Å². The van der Waals surface area contributed by atoms with E-state index in [1.807, 2.05) is 60.7 Å². The molecule has 3 aromatic carbocycles. The van der Waals surface area contributed by atoms with Crippen LogP contribution in [0.1, 0.15) is 30.6 Å². The highest BCUT2D eigenvalue weighted by Gasteiger charge is 2.41. The molecule has 1 aliphatic heterocycles. The molecule has 1 fully saturated rings. The lowest BCUT2D eigenvalue weighted by Crippen LogP contribution is -2.11. The fourth-order valence-electron chi connectivity index (χ4n) is 3.96. The molecule has 0 spiro atoms. The maximum Gasteiger partial charge on any atom is 0.259 e. The number of benzene rings is 3. The highest BCUT2D eigenvalue weighted by atomic mass is 16.6. The van der Waals surface area contributed by atoms with Gasteiger partial charge in [-0.3, -0.25) is 4.79 Å². The molecule has 5 heteroatoms. The summed E-state index contributed by atoms with van der Waals surface area (Å²) in [6.45, 7) is 2.67. The predicted octanol–water partition coefficient (Wildman–Crippen LogP) is 5.06. The van der Waals surface area contributed by atoms with Gasteiger partial charge in [-0.05, 0) is 30.2 Å². The molecule has 1 saturated heterocycles. The number of hydrogen-bond acceptors (Lipinski definition) is 4. The summed E-state index contributed by atoms with van der Waals surface area (Å²) < 4.78 is 11.9. The molecular formula is C26H24N2O3. The normalized spacial score (nSPS) is 17.6. The molecule has 156 valence electrons. The summed E-state index contributed by atoms with van der Waals surface area (Å²) in [7, 11) is 0. The summed E-state index contributed by atoms with van der Waals surface area (Å²) in [6, 6.07) is 23.7. The Morgan fingerprint density at radius 2 is 1.81 bits per heavy atom. The van der Waals surface area contributed by atoms with E-state index in [2.05, 4.69) is 24.0 Å². The first-order valence-electron chi connectivity index (χ1n) is 10.7. The van der Waals surface area contributed by atoms with E-state index in [1.165, 1.54) is 5.56 Å². The van der Waals surface area contributed by atoms with Crippen molar-refractivity contribution >= 4 is 10.9 Å². The van der Waals surface area contributed by atoms with Crippen molar-refractivity contribution in [3.8, 4) is 17.1 Å². The lowest BCUT2D eigenvalue weighted by Gasteiger charge is -2.11. The van der Waals surface area contributed by atoms with E-state index in [-0.39, 0.29) is 17.8 Å². The van der Waals surface area contributed by atoms with E-state index in [4.69, 9.17) is 14.5 Å². The molecule has 31 heavy (non-hydrogen) atoms. The van der Waals surface area contributed by atoms with E-state index in [0.29, 0.717) is 29.1 Å². The zero-order valence-corrected chi connectivity index (χ0v) is 17.4. The van der Waals surface area contributed by atoms with Crippen LogP contribution in [0.3, 0.4) is 0 Å². The van der Waals surface area contributed by atoms with Gasteiger partial charge in [0, 0.05) is 12.0 Å². The lowest BCUT2D eigenvalue weighted by atomic mass is 10.0. The Bertz CT molecular complexity index is 1270. The number of nitrogens with one attached hydrogen (secondary N) is 1. The largest absolute Gasteiger partial charge is 0.493 e. The molecule has 1 aliphatic rings. The fraction of sp³-hybridized carbons (Fsp3) is 0.231. The fourth-order valence-corrected chi connectivity index (χ4v) is 3.96. The number of ether oxygens (including phenoxy) is 2. The first-order valence-corrected chi connectivity index (χ1v) is 10.7. The third-order valence-electron chi connectivity index (χ3n) is 5.54. The summed E-state index contributed by atoms with van der Waals surface area (Å²) in [4.78, 5) is 20.7. The summed E-state index contributed by atoms with van der Waals surface area (Å²) in [5.74, 6) is 1.23. The van der Waals surface area contributed by atoms with Crippen LogP contribution in [0.4, 0.5) is 0 Å². The average Bonchev–Trinajstić information content (AvgIpc) is 3.57. The number of hydrogen-bond donors (Lipinski definition) is 1. The molecule has 0 amide bonds. The van der Waals surface area contributed by atoms with Crippen LogP contribution >= 0.6 is 0 Å². The Kier molecular flexibility index (Phi) is 5.26. The molecule has 5 rings (SSSR count). The molecule has 1 N–H and O–H groups in total. The van der Waals surface area contributed by atoms with Gasteiger partial charge < -0.3 is 14.5 Å². The molecule has 0 radical (unpaired) electrons. The summed E-state index contributed by atoms with van der Waals surface area (Å²) in [6.07, 6.45) is 1.78. The van der Waals surface area contributed by atoms with E-state index in [1.54, 1.807) is 0 Å². The second-order valence-electron chi connectivity index (χ2n) is 7.79. The summed E-state index contributed by atoms with van der Waals surface area (Å²) in [5, 5.41) is 0.571. The molecular weight excluding hydrogens is 388 g/mol. The average molecular weight is 412 g/mol. The van der Waals surface area contributed by atoms with E-state index < -0.39 is 0 Å². The maximum absolute atomic E-state index is 12.9. The van der Waals surface area contributed by atoms with Gasteiger partial charge in [0.1, 0.15) is 17.7 Å². The molecule has 1 aromatic heterocycles. The Morgan fingerprint density at radius 1 is 1.00 bits per heavy atom. The van der Waals surface area contributed by atoms with Gasteiger partial charge in [0.25, 0.3) is 5.56 Å². The van der Waals surface area contributed by atoms with Gasteiger partial charge in [-0.1, -0.05) is 61.5 Å². The van der Waals surface area contributed by atoms with E-state index in [9.17, 15) is 4.79 Å². The number of H-pyrrole nitrogens is 1. The number of epoxide rings is 1. The molecule has 0 aliphatic carbocycles. The number of aromatic nitrogens is 2. The zero-order chi connectivity index (χ0) is 21.2. The summed E-state index contributed by atoms with van der Waals surface area (Å²) in [5.41, 5.74) is 3.50. The van der Waals surface area contributed by atoms with E-state index in [0.717, 1.165) is 24.0 Å². The minimum absolute atomic E-state index is 0.0577. The quantitative estimate of drug-likeness (QED) is 0.431. The zero-order valence-electron chi connectivity index (χ0n) is 17.4. The van der Waals surface area contributed by atoms with Crippen LogP contribution in [0, 0.1) is 0 Å². The number of aromatic amines is 1. The van der Waals surface area contributed by atoms with Crippen molar-refractivity contribution < 1.29 is 9.47 Å². The predicted molar refractivity (Wildman–Crippen MR) is 121 cm³/mol. The van der Waals surface area contributed by atoms with Crippen molar-refractivity contribution in [2.24, 2.45) is 0 Å². The highest BCUT2D eigenvalue weighted by Crippen LogP contribution is 2.43. The van der Waals surface area contributed by atoms with Crippen LogP contribution in [0.15, 0.2) is 77.6 Å². The van der Waals surface area contributed by atoms with Crippen molar-refractivity contribution in [3.63, 3.8) is 0 Å². The van der Waals surface area contributed by atoms with Crippen molar-refractivity contribution in [1.29, 1.82) is 0 Å². The van der Waals surface area contributed by atoms with Gasteiger partial charge in [-0.15, -0.1) is 0 Å². The number of nitrogens with zero attached hydrogens (tertiary/aromatic N) is 1. The molecule has 2 atom stereocenters. The van der Waals surface area contributed by atoms with Crippen LogP contribution in [0.25, 0.3) is 22.3 Å². The van der Waals surface area contributed by atoms with Gasteiger partial charge in [-0.2, -0.15) is 0 Å². The Morgan fingerprint density at radius 3 is 2.65 bits per heavy atom. The van der Waals surface area contributed by atoms with Gasteiger partial charge in [-0.25, -0.2) is 4.98 Å². The van der Waals surface area contributed by atoms with Gasteiger partial charge >= 0.3 is 0 Å². The van der Waals surface area contributed by atoms with Crippen LogP contribution in [-0.4, -0.2) is 22.7 Å². The highest BCUT2D eigenvalue weighted by molar-refractivity contribution is 5.83. The van der Waals surface area contributed by atoms with Gasteiger partial charge in [0.15, 0.2) is 0 Å². The lowest BCUT2D eigenvalue weighted by molar-refractivity contribution is 0.318. The SMILES string of the molecule is CCCOc1ccccc1-c1nc2c(C3OC3Cc3ccccc3)cccc2c(=O)[nH]1. The standard InChI is InChI=1S/C26H24N2O3/c1-2-15-30-21-14-7-6-11-18(21)25-27-23-19(12-8-13-20(23)26(29)28-25)24-22(31-24)16-17-9-4-3-5-10-17/h3-14,22,24H,2,15-16H2,1H3,(H,27,28,29). The Hall–Kier alpha value is -3.44. The monoisotopic (exact) mass is 412 g/mol. The number of fused-ring (bicyclic) bond motifs is 1. The second kappa shape index (κ2) is 8.36. The minimum Gasteiger partial charge on any atom is -0.493 e. The van der Waals surface area contributed by atoms with Crippen molar-refractivity contribution in [3.05, 3.63) is 94.3 Å². The first-order chi connectivity index (χ1) is 15.2. The molecule has 2 heterocycles. The molecule has 5 nitrogen and oxygen atoms in total. The van der Waals surface area contributed by atoms with Crippen LogP contribution in [0.5, 0.6) is 5.75 Å². The number of para-hydroxylation sites is 2. The third-order valence-corrected chi connectivity index (χ3v) is 5.54. The van der Waals surface area contributed by atoms with Crippen molar-refractivity contribution in [1.82, 2.24) is 9.97 Å². The minimum atomic E-state index is -0.160. The maximum atomic E-state index is 12.9. The topological polar surface area (TPSA) is 67.5 Å². The Labute approximate surface area is 180 Å². The van der Waals surface area contributed by atoms with Gasteiger partial charge in [0.05, 0.1) is 29.2 Å². The molecule has 4 aromatic rings. The van der Waals surface area contributed by atoms with Crippen LogP contribution in [-0.2, 0) is 11.2 Å². The van der Waals surface area contributed by atoms with Crippen LogP contribution < -0.4 is 10.3 Å². The summed E-state index contributed by atoms with van der Waals surface area (Å²) >= 11 is 0. The third kappa shape index (κ3) is 3.97. The van der Waals surface area contributed by atoms with Gasteiger partial charge in [0.2, 0.25) is 0 Å². The number of rotatable bonds is 7. The molecule has 2 unspecified atom stereocenters. The Balaban J connectivity index is 1.52. The first kappa shape index (κ1) is 19.5. The molecule has 0 bridgehead atoms.